The molecule has 0 aromatic heterocycles. The van der Waals surface area contributed by atoms with Crippen LogP contribution in [0.1, 0.15) is 39.0 Å². The molecular weight excluding hydrogens is 150 g/mol. The van der Waals surface area contributed by atoms with Crippen molar-refractivity contribution in [1.29, 1.82) is 0 Å². The summed E-state index contributed by atoms with van der Waals surface area (Å²) >= 11 is 0. The van der Waals surface area contributed by atoms with Crippen molar-refractivity contribution in [3.05, 3.63) is 0 Å². The van der Waals surface area contributed by atoms with Crippen molar-refractivity contribution >= 4 is 5.91 Å². The van der Waals surface area contributed by atoms with Gasteiger partial charge in [0, 0.05) is 19.0 Å². The minimum absolute atomic E-state index is 0.413. The Morgan fingerprint density at radius 2 is 2.17 bits per heavy atom. The van der Waals surface area contributed by atoms with Gasteiger partial charge in [0.15, 0.2) is 0 Å². The van der Waals surface area contributed by atoms with E-state index in [0.29, 0.717) is 17.9 Å². The van der Waals surface area contributed by atoms with Gasteiger partial charge in [-0.2, -0.15) is 0 Å². The Hall–Kier alpha value is -0.530. The molecule has 2 rings (SSSR count). The summed E-state index contributed by atoms with van der Waals surface area (Å²) in [5.74, 6) is 1.09. The molecule has 0 bridgehead atoms. The molecule has 1 aliphatic carbocycles. The van der Waals surface area contributed by atoms with E-state index in [1.54, 1.807) is 0 Å². The van der Waals surface area contributed by atoms with E-state index in [9.17, 15) is 4.79 Å². The second-order valence-corrected chi connectivity index (χ2v) is 4.09. The number of nitrogens with zero attached hydrogens (tertiary/aromatic N) is 1. The average Bonchev–Trinajstić information content (AvgIpc) is 2.87. The second kappa shape index (κ2) is 3.08. The van der Waals surface area contributed by atoms with Crippen molar-refractivity contribution < 1.29 is 4.79 Å². The number of rotatable bonds is 2. The van der Waals surface area contributed by atoms with Gasteiger partial charge >= 0.3 is 0 Å². The number of likely N-dealkylation sites (tertiary alicyclic amines) is 1. The standard InChI is InChI=1S/C10H17NO/c1-2-8-5-6-11(9-3-4-9)10(12)7-8/h8-9H,2-7H2,1H3. The van der Waals surface area contributed by atoms with Crippen LogP contribution in [0.25, 0.3) is 0 Å². The number of carbonyl (C=O) groups is 1. The van der Waals surface area contributed by atoms with Crippen LogP contribution < -0.4 is 0 Å². The Morgan fingerprint density at radius 1 is 1.42 bits per heavy atom. The molecule has 0 radical (unpaired) electrons. The third-order valence-corrected chi connectivity index (χ3v) is 3.13. The molecule has 2 heteroatoms. The summed E-state index contributed by atoms with van der Waals surface area (Å²) in [5.41, 5.74) is 0. The summed E-state index contributed by atoms with van der Waals surface area (Å²) in [7, 11) is 0. The Bertz CT molecular complexity index is 186. The summed E-state index contributed by atoms with van der Waals surface area (Å²) < 4.78 is 0. The number of hydrogen-bond acceptors (Lipinski definition) is 1. The maximum Gasteiger partial charge on any atom is 0.223 e. The lowest BCUT2D eigenvalue weighted by Crippen LogP contribution is -2.40. The summed E-state index contributed by atoms with van der Waals surface area (Å²) in [4.78, 5) is 13.7. The lowest BCUT2D eigenvalue weighted by atomic mass is 9.94. The molecule has 0 aromatic rings. The first-order chi connectivity index (χ1) is 5.81. The molecule has 2 fully saturated rings. The normalized spacial score (nSPS) is 30.9. The highest BCUT2D eigenvalue weighted by molar-refractivity contribution is 5.77. The van der Waals surface area contributed by atoms with E-state index in [4.69, 9.17) is 0 Å². The average molecular weight is 167 g/mol. The topological polar surface area (TPSA) is 20.3 Å². The van der Waals surface area contributed by atoms with Crippen molar-refractivity contribution in [3.8, 4) is 0 Å². The van der Waals surface area contributed by atoms with Crippen molar-refractivity contribution in [3.63, 3.8) is 0 Å². The van der Waals surface area contributed by atoms with Crippen LogP contribution in [0.5, 0.6) is 0 Å². The molecular formula is C10H17NO. The molecule has 1 heterocycles. The molecule has 1 unspecified atom stereocenters. The highest BCUT2D eigenvalue weighted by Gasteiger charge is 2.35. The molecule has 0 N–H and O–H groups in total. The Balaban J connectivity index is 1.90. The highest BCUT2D eigenvalue weighted by Crippen LogP contribution is 2.32. The zero-order valence-electron chi connectivity index (χ0n) is 7.75. The van der Waals surface area contributed by atoms with Gasteiger partial charge in [0.05, 0.1) is 0 Å². The van der Waals surface area contributed by atoms with Gasteiger partial charge in [-0.3, -0.25) is 4.79 Å². The van der Waals surface area contributed by atoms with Crippen molar-refractivity contribution in [1.82, 2.24) is 4.90 Å². The fraction of sp³-hybridized carbons (Fsp3) is 0.900. The van der Waals surface area contributed by atoms with Crippen LogP contribution in [0.4, 0.5) is 0 Å². The van der Waals surface area contributed by atoms with E-state index in [-0.39, 0.29) is 0 Å². The van der Waals surface area contributed by atoms with Gasteiger partial charge in [-0.15, -0.1) is 0 Å². The molecule has 68 valence electrons. The third kappa shape index (κ3) is 1.47. The second-order valence-electron chi connectivity index (χ2n) is 4.09. The van der Waals surface area contributed by atoms with E-state index in [1.807, 2.05) is 0 Å². The summed E-state index contributed by atoms with van der Waals surface area (Å²) in [5, 5.41) is 0. The van der Waals surface area contributed by atoms with Crippen LogP contribution in [0.15, 0.2) is 0 Å². The SMILES string of the molecule is CCC1CCN(C2CC2)C(=O)C1. The van der Waals surface area contributed by atoms with Crippen molar-refractivity contribution in [2.45, 2.75) is 45.1 Å². The van der Waals surface area contributed by atoms with Crippen LogP contribution in [-0.2, 0) is 4.79 Å². The molecule has 0 spiro atoms. The van der Waals surface area contributed by atoms with Gasteiger partial charge in [0.25, 0.3) is 0 Å². The van der Waals surface area contributed by atoms with Gasteiger partial charge in [0.2, 0.25) is 5.91 Å². The number of hydrogen-bond donors (Lipinski definition) is 0. The molecule has 2 nitrogen and oxygen atoms in total. The molecule has 1 saturated carbocycles. The third-order valence-electron chi connectivity index (χ3n) is 3.13. The number of carbonyl (C=O) groups excluding carboxylic acids is 1. The van der Waals surface area contributed by atoms with E-state index in [2.05, 4.69) is 11.8 Å². The molecule has 0 aromatic carbocycles. The lowest BCUT2D eigenvalue weighted by Gasteiger charge is -2.31. The Kier molecular flexibility index (Phi) is 2.07. The number of amides is 1. The van der Waals surface area contributed by atoms with E-state index >= 15 is 0 Å². The fourth-order valence-corrected chi connectivity index (χ4v) is 2.03. The van der Waals surface area contributed by atoms with Gasteiger partial charge in [-0.25, -0.2) is 0 Å². The zero-order chi connectivity index (χ0) is 8.55. The number of piperidine rings is 1. The maximum atomic E-state index is 11.6. The Morgan fingerprint density at radius 3 is 2.67 bits per heavy atom. The first kappa shape index (κ1) is 8.09. The van der Waals surface area contributed by atoms with Crippen LogP contribution in [0.2, 0.25) is 0 Å². The van der Waals surface area contributed by atoms with E-state index in [0.717, 1.165) is 13.0 Å². The Labute approximate surface area is 73.9 Å². The largest absolute Gasteiger partial charge is 0.340 e. The monoisotopic (exact) mass is 167 g/mol. The zero-order valence-corrected chi connectivity index (χ0v) is 7.75. The molecule has 1 aliphatic heterocycles. The quantitative estimate of drug-likeness (QED) is 0.614. The molecule has 1 atom stereocenters. The first-order valence-electron chi connectivity index (χ1n) is 5.10. The van der Waals surface area contributed by atoms with Gasteiger partial charge in [0.1, 0.15) is 0 Å². The minimum Gasteiger partial charge on any atom is -0.340 e. The fourth-order valence-electron chi connectivity index (χ4n) is 2.03. The summed E-state index contributed by atoms with van der Waals surface area (Å²) in [6.07, 6.45) is 5.72. The van der Waals surface area contributed by atoms with Crippen molar-refractivity contribution in [2.75, 3.05) is 6.54 Å². The maximum absolute atomic E-state index is 11.6. The smallest absolute Gasteiger partial charge is 0.223 e. The van der Waals surface area contributed by atoms with E-state index < -0.39 is 0 Å². The van der Waals surface area contributed by atoms with Gasteiger partial charge < -0.3 is 4.90 Å². The first-order valence-corrected chi connectivity index (χ1v) is 5.10. The van der Waals surface area contributed by atoms with Crippen LogP contribution in [-0.4, -0.2) is 23.4 Å². The molecule has 12 heavy (non-hydrogen) atoms. The van der Waals surface area contributed by atoms with Crippen LogP contribution in [0.3, 0.4) is 0 Å². The molecule has 1 amide bonds. The van der Waals surface area contributed by atoms with E-state index in [1.165, 1.54) is 25.7 Å². The summed E-state index contributed by atoms with van der Waals surface area (Å²) in [6, 6.07) is 0.635. The lowest BCUT2D eigenvalue weighted by molar-refractivity contribution is -0.135. The molecule has 2 aliphatic rings. The van der Waals surface area contributed by atoms with Crippen LogP contribution in [0, 0.1) is 5.92 Å². The predicted molar refractivity (Wildman–Crippen MR) is 47.8 cm³/mol. The minimum atomic E-state index is 0.413. The van der Waals surface area contributed by atoms with Crippen LogP contribution >= 0.6 is 0 Å². The van der Waals surface area contributed by atoms with Gasteiger partial charge in [-0.1, -0.05) is 13.3 Å². The molecule has 1 saturated heterocycles. The van der Waals surface area contributed by atoms with Gasteiger partial charge in [-0.05, 0) is 25.2 Å². The summed E-state index contributed by atoms with van der Waals surface area (Å²) in [6.45, 7) is 3.22. The predicted octanol–water partition coefficient (Wildman–Crippen LogP) is 1.80. The van der Waals surface area contributed by atoms with Crippen molar-refractivity contribution in [2.24, 2.45) is 5.92 Å². The highest BCUT2D eigenvalue weighted by atomic mass is 16.2.